The van der Waals surface area contributed by atoms with E-state index in [2.05, 4.69) is 31.0 Å². The fourth-order valence-electron chi connectivity index (χ4n) is 1.79. The van der Waals surface area contributed by atoms with Crippen molar-refractivity contribution >= 4 is 17.5 Å². The molecule has 0 heterocycles. The fraction of sp³-hybridized carbons (Fsp3) is 0.471. The van der Waals surface area contributed by atoms with Crippen LogP contribution in [0.4, 0.5) is 0 Å². The van der Waals surface area contributed by atoms with Crippen molar-refractivity contribution in [1.82, 2.24) is 5.32 Å². The van der Waals surface area contributed by atoms with Crippen molar-refractivity contribution in [3.05, 3.63) is 34.3 Å². The SMILES string of the molecule is CC(C)CCCNC(=O)c1ccc(C#CCCO)c(Cl)c1. The van der Waals surface area contributed by atoms with Crippen LogP contribution in [0, 0.1) is 17.8 Å². The number of nitrogens with one attached hydrogen (secondary N) is 1. The van der Waals surface area contributed by atoms with E-state index < -0.39 is 0 Å². The summed E-state index contributed by atoms with van der Waals surface area (Å²) in [6.07, 6.45) is 2.48. The highest BCUT2D eigenvalue weighted by molar-refractivity contribution is 6.32. The van der Waals surface area contributed by atoms with Gasteiger partial charge >= 0.3 is 0 Å². The zero-order valence-electron chi connectivity index (χ0n) is 12.6. The summed E-state index contributed by atoms with van der Waals surface area (Å²) in [7, 11) is 0. The lowest BCUT2D eigenvalue weighted by Crippen LogP contribution is -2.24. The van der Waals surface area contributed by atoms with Gasteiger partial charge in [0, 0.05) is 24.1 Å². The minimum Gasteiger partial charge on any atom is -0.395 e. The summed E-state index contributed by atoms with van der Waals surface area (Å²) in [4.78, 5) is 12.0. The molecule has 2 N–H and O–H groups in total. The molecule has 1 rings (SSSR count). The standard InChI is InChI=1S/C17H22ClNO2/c1-13(2)6-5-10-19-17(21)15-9-8-14(16(18)12-15)7-3-4-11-20/h8-9,12-13,20H,4-6,10-11H2,1-2H3,(H,19,21). The third kappa shape index (κ3) is 6.66. The first kappa shape index (κ1) is 17.6. The lowest BCUT2D eigenvalue weighted by molar-refractivity contribution is 0.0952. The number of carbonyl (C=O) groups excluding carboxylic acids is 1. The molecule has 1 aromatic rings. The number of amides is 1. The first-order valence-electron chi connectivity index (χ1n) is 7.22. The molecule has 114 valence electrons. The van der Waals surface area contributed by atoms with Crippen LogP contribution in [0.1, 0.15) is 49.0 Å². The quantitative estimate of drug-likeness (QED) is 0.626. The van der Waals surface area contributed by atoms with Gasteiger partial charge in [-0.3, -0.25) is 4.79 Å². The number of carbonyl (C=O) groups is 1. The third-order valence-corrected chi connectivity index (χ3v) is 3.25. The summed E-state index contributed by atoms with van der Waals surface area (Å²) >= 11 is 6.11. The maximum Gasteiger partial charge on any atom is 0.251 e. The van der Waals surface area contributed by atoms with Crippen molar-refractivity contribution in [2.24, 2.45) is 5.92 Å². The molecular weight excluding hydrogens is 286 g/mol. The molecule has 0 aromatic heterocycles. The van der Waals surface area contributed by atoms with Crippen LogP contribution in [-0.4, -0.2) is 24.2 Å². The molecule has 1 amide bonds. The zero-order chi connectivity index (χ0) is 15.7. The number of hydrogen-bond donors (Lipinski definition) is 2. The topological polar surface area (TPSA) is 49.3 Å². The molecule has 4 heteroatoms. The Labute approximate surface area is 131 Å². The van der Waals surface area contributed by atoms with Crippen molar-refractivity contribution in [3.8, 4) is 11.8 Å². The molecule has 0 fully saturated rings. The van der Waals surface area contributed by atoms with Crippen LogP contribution in [0.2, 0.25) is 5.02 Å². The molecule has 0 radical (unpaired) electrons. The average Bonchev–Trinajstić information content (AvgIpc) is 2.45. The third-order valence-electron chi connectivity index (χ3n) is 2.93. The molecule has 0 aliphatic carbocycles. The second-order valence-electron chi connectivity index (χ2n) is 5.26. The summed E-state index contributed by atoms with van der Waals surface area (Å²) in [5.41, 5.74) is 1.21. The maximum absolute atomic E-state index is 12.0. The number of aliphatic hydroxyl groups excluding tert-OH is 1. The molecule has 0 atom stereocenters. The van der Waals surface area contributed by atoms with Gasteiger partial charge < -0.3 is 10.4 Å². The van der Waals surface area contributed by atoms with E-state index in [9.17, 15) is 4.79 Å². The monoisotopic (exact) mass is 307 g/mol. The van der Waals surface area contributed by atoms with Crippen LogP contribution in [0.15, 0.2) is 18.2 Å². The minimum atomic E-state index is -0.115. The Balaban J connectivity index is 2.58. The second kappa shape index (κ2) is 9.44. The van der Waals surface area contributed by atoms with E-state index >= 15 is 0 Å². The highest BCUT2D eigenvalue weighted by atomic mass is 35.5. The Morgan fingerprint density at radius 1 is 1.43 bits per heavy atom. The van der Waals surface area contributed by atoms with Gasteiger partial charge in [-0.25, -0.2) is 0 Å². The van der Waals surface area contributed by atoms with E-state index in [1.54, 1.807) is 18.2 Å². The average molecular weight is 308 g/mol. The molecule has 0 aliphatic heterocycles. The maximum atomic E-state index is 12.0. The molecule has 0 bridgehead atoms. The fourth-order valence-corrected chi connectivity index (χ4v) is 2.01. The molecule has 0 unspecified atom stereocenters. The highest BCUT2D eigenvalue weighted by Gasteiger charge is 2.07. The van der Waals surface area contributed by atoms with Gasteiger partial charge in [0.2, 0.25) is 0 Å². The summed E-state index contributed by atoms with van der Waals surface area (Å²) in [5, 5.41) is 12.0. The largest absolute Gasteiger partial charge is 0.395 e. The lowest BCUT2D eigenvalue weighted by Gasteiger charge is -2.07. The summed E-state index contributed by atoms with van der Waals surface area (Å²) in [6, 6.07) is 5.07. The van der Waals surface area contributed by atoms with E-state index in [0.29, 0.717) is 35.0 Å². The number of aliphatic hydroxyl groups is 1. The molecule has 0 aliphatic rings. The van der Waals surface area contributed by atoms with Gasteiger partial charge in [-0.2, -0.15) is 0 Å². The summed E-state index contributed by atoms with van der Waals surface area (Å²) in [6.45, 7) is 5.03. The van der Waals surface area contributed by atoms with E-state index in [1.807, 2.05) is 0 Å². The van der Waals surface area contributed by atoms with E-state index in [1.165, 1.54) is 0 Å². The van der Waals surface area contributed by atoms with Crippen LogP contribution in [0.3, 0.4) is 0 Å². The van der Waals surface area contributed by atoms with Crippen LogP contribution >= 0.6 is 11.6 Å². The van der Waals surface area contributed by atoms with E-state index in [4.69, 9.17) is 16.7 Å². The van der Waals surface area contributed by atoms with Gasteiger partial charge in [-0.15, -0.1) is 0 Å². The van der Waals surface area contributed by atoms with Crippen molar-refractivity contribution < 1.29 is 9.90 Å². The number of hydrogen-bond acceptors (Lipinski definition) is 2. The molecule has 0 spiro atoms. The molecular formula is C17H22ClNO2. The molecule has 1 aromatic carbocycles. The van der Waals surface area contributed by atoms with Gasteiger partial charge in [0.15, 0.2) is 0 Å². The number of benzene rings is 1. The molecule has 3 nitrogen and oxygen atoms in total. The Morgan fingerprint density at radius 3 is 2.81 bits per heavy atom. The second-order valence-corrected chi connectivity index (χ2v) is 5.67. The summed E-state index contributed by atoms with van der Waals surface area (Å²) in [5.74, 6) is 6.21. The number of rotatable bonds is 6. The van der Waals surface area contributed by atoms with E-state index in [0.717, 1.165) is 12.8 Å². The molecule has 0 saturated carbocycles. The van der Waals surface area contributed by atoms with Crippen LogP contribution < -0.4 is 5.32 Å². The van der Waals surface area contributed by atoms with Gasteiger partial charge in [0.05, 0.1) is 11.6 Å². The van der Waals surface area contributed by atoms with Crippen LogP contribution in [0.5, 0.6) is 0 Å². The first-order valence-corrected chi connectivity index (χ1v) is 7.60. The predicted molar refractivity (Wildman–Crippen MR) is 86.4 cm³/mol. The van der Waals surface area contributed by atoms with Gasteiger partial charge in [0.25, 0.3) is 5.91 Å². The van der Waals surface area contributed by atoms with Crippen LogP contribution in [-0.2, 0) is 0 Å². The summed E-state index contributed by atoms with van der Waals surface area (Å²) < 4.78 is 0. The van der Waals surface area contributed by atoms with Gasteiger partial charge in [0.1, 0.15) is 0 Å². The van der Waals surface area contributed by atoms with Crippen molar-refractivity contribution in [2.45, 2.75) is 33.1 Å². The molecule has 21 heavy (non-hydrogen) atoms. The molecule has 0 saturated heterocycles. The van der Waals surface area contributed by atoms with Crippen molar-refractivity contribution in [3.63, 3.8) is 0 Å². The normalized spacial score (nSPS) is 10.1. The number of halogens is 1. The highest BCUT2D eigenvalue weighted by Crippen LogP contribution is 2.17. The van der Waals surface area contributed by atoms with Crippen molar-refractivity contribution in [2.75, 3.05) is 13.2 Å². The van der Waals surface area contributed by atoms with Gasteiger partial charge in [-0.05, 0) is 37.0 Å². The minimum absolute atomic E-state index is 0.0293. The Hall–Kier alpha value is -1.50. The van der Waals surface area contributed by atoms with E-state index in [-0.39, 0.29) is 12.5 Å². The Bertz CT molecular complexity index is 529. The van der Waals surface area contributed by atoms with Gasteiger partial charge in [-0.1, -0.05) is 37.3 Å². The van der Waals surface area contributed by atoms with Crippen LogP contribution in [0.25, 0.3) is 0 Å². The smallest absolute Gasteiger partial charge is 0.251 e. The predicted octanol–water partition coefficient (Wildman–Crippen LogP) is 3.24. The Morgan fingerprint density at radius 2 is 2.19 bits per heavy atom. The lowest BCUT2D eigenvalue weighted by atomic mass is 10.1. The first-order chi connectivity index (χ1) is 10.0. The van der Waals surface area contributed by atoms with Crippen molar-refractivity contribution in [1.29, 1.82) is 0 Å². The zero-order valence-corrected chi connectivity index (χ0v) is 13.3. The Kier molecular flexibility index (Phi) is 7.89.